The summed E-state index contributed by atoms with van der Waals surface area (Å²) in [6.45, 7) is 4.00. The lowest BCUT2D eigenvalue weighted by atomic mass is 10.1. The monoisotopic (exact) mass is 427 g/mol. The van der Waals surface area contributed by atoms with Crippen LogP contribution in [0.1, 0.15) is 37.4 Å². The van der Waals surface area contributed by atoms with Gasteiger partial charge in [-0.2, -0.15) is 4.98 Å². The molecule has 3 aromatic rings. The number of aromatic nitrogens is 4. The van der Waals surface area contributed by atoms with Gasteiger partial charge in [0.1, 0.15) is 6.10 Å². The average Bonchev–Trinajstić information content (AvgIpc) is 3.16. The zero-order chi connectivity index (χ0) is 22.2. The van der Waals surface area contributed by atoms with Crippen LogP contribution in [0.2, 0.25) is 0 Å². The number of nitrogens with two attached hydrogens (primary N) is 1. The third-order valence-corrected chi connectivity index (χ3v) is 5.23. The fourth-order valence-electron chi connectivity index (χ4n) is 3.46. The van der Waals surface area contributed by atoms with Crippen LogP contribution in [-0.2, 0) is 6.42 Å². The predicted molar refractivity (Wildman–Crippen MR) is 123 cm³/mol. The van der Waals surface area contributed by atoms with E-state index in [0.717, 1.165) is 37.2 Å². The molecule has 3 rings (SSSR count). The number of aliphatic hydroxyl groups is 1. The van der Waals surface area contributed by atoms with Gasteiger partial charge in [0.25, 0.3) is 0 Å². The molecule has 4 N–H and O–H groups in total. The van der Waals surface area contributed by atoms with E-state index in [0.29, 0.717) is 18.5 Å². The maximum absolute atomic E-state index is 9.27. The van der Waals surface area contributed by atoms with Crippen LogP contribution >= 0.6 is 0 Å². The molecule has 31 heavy (non-hydrogen) atoms. The lowest BCUT2D eigenvalue weighted by molar-refractivity contribution is 0.133. The zero-order valence-electron chi connectivity index (χ0n) is 18.6. The third kappa shape index (κ3) is 5.83. The van der Waals surface area contributed by atoms with Crippen LogP contribution in [0, 0.1) is 0 Å². The third-order valence-electron chi connectivity index (χ3n) is 5.23. The van der Waals surface area contributed by atoms with Crippen LogP contribution in [-0.4, -0.2) is 64.6 Å². The van der Waals surface area contributed by atoms with E-state index in [1.54, 1.807) is 10.7 Å². The molecule has 9 nitrogen and oxygen atoms in total. The predicted octanol–water partition coefficient (Wildman–Crippen LogP) is 1.88. The van der Waals surface area contributed by atoms with Gasteiger partial charge >= 0.3 is 6.01 Å². The summed E-state index contributed by atoms with van der Waals surface area (Å²) >= 11 is 0. The highest BCUT2D eigenvalue weighted by Gasteiger charge is 2.16. The SMILES string of the molecule is CCCC(CCO)Oc1nc(N)c2ncc(Cc3ccc(N(C)CCNC)cc3)n2n1. The summed E-state index contributed by atoms with van der Waals surface area (Å²) < 4.78 is 7.61. The second-order valence-corrected chi connectivity index (χ2v) is 7.67. The number of hydrogen-bond acceptors (Lipinski definition) is 8. The molecule has 1 unspecified atom stereocenters. The Morgan fingerprint density at radius 3 is 2.71 bits per heavy atom. The number of benzene rings is 1. The first kappa shape index (κ1) is 22.8. The van der Waals surface area contributed by atoms with Crippen molar-refractivity contribution < 1.29 is 9.84 Å². The summed E-state index contributed by atoms with van der Waals surface area (Å²) in [5.41, 5.74) is 9.84. The number of rotatable bonds is 12. The molecule has 0 fully saturated rings. The molecular formula is C22H33N7O2. The first-order chi connectivity index (χ1) is 15.0. The molecule has 2 heterocycles. The average molecular weight is 428 g/mol. The first-order valence-corrected chi connectivity index (χ1v) is 10.8. The molecule has 0 spiro atoms. The van der Waals surface area contributed by atoms with Crippen LogP contribution in [0.5, 0.6) is 6.01 Å². The van der Waals surface area contributed by atoms with Gasteiger partial charge in [0.05, 0.1) is 11.9 Å². The zero-order valence-corrected chi connectivity index (χ0v) is 18.6. The summed E-state index contributed by atoms with van der Waals surface area (Å²) in [6, 6.07) is 8.68. The molecule has 1 atom stereocenters. The Morgan fingerprint density at radius 2 is 2.03 bits per heavy atom. The Bertz CT molecular complexity index is 952. The van der Waals surface area contributed by atoms with Crippen molar-refractivity contribution in [3.8, 4) is 6.01 Å². The molecule has 0 aliphatic heterocycles. The summed E-state index contributed by atoms with van der Waals surface area (Å²) in [4.78, 5) is 10.9. The smallest absolute Gasteiger partial charge is 0.336 e. The van der Waals surface area contributed by atoms with E-state index in [1.165, 1.54) is 5.69 Å². The number of anilines is 2. The second kappa shape index (κ2) is 10.9. The van der Waals surface area contributed by atoms with Gasteiger partial charge < -0.3 is 25.8 Å². The van der Waals surface area contributed by atoms with Gasteiger partial charge in [0.15, 0.2) is 11.5 Å². The largest absolute Gasteiger partial charge is 0.459 e. The minimum Gasteiger partial charge on any atom is -0.459 e. The van der Waals surface area contributed by atoms with Crippen LogP contribution < -0.4 is 20.7 Å². The van der Waals surface area contributed by atoms with Gasteiger partial charge in [-0.25, -0.2) is 9.50 Å². The molecular weight excluding hydrogens is 394 g/mol. The summed E-state index contributed by atoms with van der Waals surface area (Å²) in [6.07, 6.45) is 4.57. The fourth-order valence-corrected chi connectivity index (χ4v) is 3.46. The molecule has 2 aromatic heterocycles. The Morgan fingerprint density at radius 1 is 1.26 bits per heavy atom. The van der Waals surface area contributed by atoms with Gasteiger partial charge in [-0.1, -0.05) is 25.5 Å². The van der Waals surface area contributed by atoms with Gasteiger partial charge in [0, 0.05) is 45.3 Å². The highest BCUT2D eigenvalue weighted by molar-refractivity contribution is 5.60. The van der Waals surface area contributed by atoms with Crippen molar-refractivity contribution in [2.45, 2.75) is 38.7 Å². The molecule has 168 valence electrons. The second-order valence-electron chi connectivity index (χ2n) is 7.67. The standard InChI is InChI=1S/C22H33N7O2/c1-4-5-19(10-13-30)31-22-26-20(23)21-25-15-18(29(21)27-22)14-16-6-8-17(9-7-16)28(3)12-11-24-2/h6-9,15,19,24,30H,4-5,10-14H2,1-3H3,(H2,23,26,27). The van der Waals surface area contributed by atoms with Crippen LogP contribution in [0.25, 0.3) is 5.65 Å². The number of aliphatic hydroxyl groups excluding tert-OH is 1. The number of ether oxygens (including phenoxy) is 1. The Balaban J connectivity index is 1.78. The number of likely N-dealkylation sites (N-methyl/N-ethyl adjacent to an activating group) is 2. The number of imidazole rings is 1. The lowest BCUT2D eigenvalue weighted by Gasteiger charge is -2.19. The Labute approximate surface area is 183 Å². The van der Waals surface area contributed by atoms with Crippen molar-refractivity contribution in [2.75, 3.05) is 44.4 Å². The first-order valence-electron chi connectivity index (χ1n) is 10.8. The maximum Gasteiger partial charge on any atom is 0.336 e. The number of nitrogens with one attached hydrogen (secondary N) is 1. The fraction of sp³-hybridized carbons (Fsp3) is 0.500. The van der Waals surface area contributed by atoms with E-state index in [-0.39, 0.29) is 24.5 Å². The van der Waals surface area contributed by atoms with Crippen LogP contribution in [0.4, 0.5) is 11.5 Å². The summed E-state index contributed by atoms with van der Waals surface area (Å²) in [7, 11) is 4.04. The van der Waals surface area contributed by atoms with Crippen LogP contribution in [0.3, 0.4) is 0 Å². The van der Waals surface area contributed by atoms with E-state index in [1.807, 2.05) is 7.05 Å². The highest BCUT2D eigenvalue weighted by atomic mass is 16.5. The van der Waals surface area contributed by atoms with Crippen molar-refractivity contribution in [1.82, 2.24) is 24.9 Å². The van der Waals surface area contributed by atoms with Gasteiger partial charge in [0.2, 0.25) is 0 Å². The minimum atomic E-state index is -0.147. The lowest BCUT2D eigenvalue weighted by Crippen LogP contribution is -2.26. The van der Waals surface area contributed by atoms with E-state index in [4.69, 9.17) is 10.5 Å². The van der Waals surface area contributed by atoms with Gasteiger partial charge in [-0.3, -0.25) is 0 Å². The minimum absolute atomic E-state index is 0.0544. The van der Waals surface area contributed by atoms with E-state index in [9.17, 15) is 5.11 Å². The molecule has 0 amide bonds. The molecule has 0 bridgehead atoms. The number of nitrogens with zero attached hydrogens (tertiary/aromatic N) is 5. The molecule has 0 saturated carbocycles. The molecule has 0 radical (unpaired) electrons. The van der Waals surface area contributed by atoms with E-state index < -0.39 is 0 Å². The van der Waals surface area contributed by atoms with E-state index >= 15 is 0 Å². The van der Waals surface area contributed by atoms with Gasteiger partial charge in [-0.15, -0.1) is 5.10 Å². The molecule has 0 aliphatic carbocycles. The maximum atomic E-state index is 9.27. The van der Waals surface area contributed by atoms with Crippen molar-refractivity contribution in [2.24, 2.45) is 0 Å². The van der Waals surface area contributed by atoms with Crippen molar-refractivity contribution in [3.05, 3.63) is 41.7 Å². The van der Waals surface area contributed by atoms with Crippen molar-refractivity contribution in [3.63, 3.8) is 0 Å². The quantitative estimate of drug-likeness (QED) is 0.401. The number of fused-ring (bicyclic) bond motifs is 1. The van der Waals surface area contributed by atoms with E-state index in [2.05, 4.69) is 63.5 Å². The highest BCUT2D eigenvalue weighted by Crippen LogP contribution is 2.20. The molecule has 9 heteroatoms. The molecule has 1 aromatic carbocycles. The topological polar surface area (TPSA) is 114 Å². The van der Waals surface area contributed by atoms with Gasteiger partial charge in [-0.05, 0) is 31.2 Å². The van der Waals surface area contributed by atoms with Crippen LogP contribution in [0.15, 0.2) is 30.5 Å². The number of nitrogen functional groups attached to an aromatic ring is 1. The molecule has 0 aliphatic rings. The Hall–Kier alpha value is -2.91. The summed E-state index contributed by atoms with van der Waals surface area (Å²) in [5.74, 6) is 0.275. The normalized spacial score (nSPS) is 12.3. The summed E-state index contributed by atoms with van der Waals surface area (Å²) in [5, 5.41) is 17.0. The number of hydrogen-bond donors (Lipinski definition) is 3. The molecule has 0 saturated heterocycles. The Kier molecular flexibility index (Phi) is 8.02. The van der Waals surface area contributed by atoms with Crippen molar-refractivity contribution >= 4 is 17.2 Å². The van der Waals surface area contributed by atoms with Crippen molar-refractivity contribution in [1.29, 1.82) is 0 Å².